The summed E-state index contributed by atoms with van der Waals surface area (Å²) in [7, 11) is 0. The van der Waals surface area contributed by atoms with Gasteiger partial charge in [-0.1, -0.05) is 0 Å². The van der Waals surface area contributed by atoms with Gasteiger partial charge in [0.2, 0.25) is 5.88 Å². The van der Waals surface area contributed by atoms with Crippen molar-refractivity contribution in [3.8, 4) is 5.88 Å². The number of pyridine rings is 1. The molecule has 66 valence electrons. The van der Waals surface area contributed by atoms with E-state index in [-0.39, 0.29) is 6.10 Å². The van der Waals surface area contributed by atoms with Crippen LogP contribution in [0.2, 0.25) is 0 Å². The van der Waals surface area contributed by atoms with E-state index in [4.69, 9.17) is 10.5 Å². The minimum atomic E-state index is 0.113. The second-order valence-electron chi connectivity index (χ2n) is 3.01. The summed E-state index contributed by atoms with van der Waals surface area (Å²) in [6.45, 7) is 5.83. The molecule has 0 unspecified atom stereocenters. The molecule has 0 bridgehead atoms. The number of hydrogen-bond donors (Lipinski definition) is 1. The van der Waals surface area contributed by atoms with Crippen LogP contribution in [0.5, 0.6) is 5.88 Å². The first kappa shape index (κ1) is 8.84. The molecule has 0 saturated carbocycles. The maximum absolute atomic E-state index is 5.74. The van der Waals surface area contributed by atoms with Crippen LogP contribution < -0.4 is 10.5 Å². The summed E-state index contributed by atoms with van der Waals surface area (Å²) in [6.07, 6.45) is 1.81. The van der Waals surface area contributed by atoms with Gasteiger partial charge in [-0.15, -0.1) is 0 Å². The maximum Gasteiger partial charge on any atom is 0.237 e. The highest BCUT2D eigenvalue weighted by molar-refractivity contribution is 5.53. The van der Waals surface area contributed by atoms with Crippen LogP contribution >= 0.6 is 0 Å². The molecule has 0 aliphatic carbocycles. The SMILES string of the molecule is Cc1ccnc(OC(C)C)c1N. The van der Waals surface area contributed by atoms with Crippen LogP contribution in [0.3, 0.4) is 0 Å². The Balaban J connectivity index is 2.92. The molecule has 0 saturated heterocycles. The van der Waals surface area contributed by atoms with Gasteiger partial charge in [0.15, 0.2) is 0 Å². The molecule has 1 heterocycles. The number of aryl methyl sites for hydroxylation is 1. The molecule has 0 amide bonds. The average Bonchev–Trinajstić information content (AvgIpc) is 1.98. The van der Waals surface area contributed by atoms with Crippen molar-refractivity contribution in [1.29, 1.82) is 0 Å². The normalized spacial score (nSPS) is 10.3. The van der Waals surface area contributed by atoms with Gasteiger partial charge in [0.05, 0.1) is 11.8 Å². The van der Waals surface area contributed by atoms with Crippen LogP contribution in [0.1, 0.15) is 19.4 Å². The van der Waals surface area contributed by atoms with Crippen LogP contribution in [0.25, 0.3) is 0 Å². The third-order valence-corrected chi connectivity index (χ3v) is 1.52. The molecule has 12 heavy (non-hydrogen) atoms. The molecule has 3 nitrogen and oxygen atoms in total. The predicted octanol–water partition coefficient (Wildman–Crippen LogP) is 1.76. The van der Waals surface area contributed by atoms with E-state index in [1.165, 1.54) is 0 Å². The summed E-state index contributed by atoms with van der Waals surface area (Å²) in [4.78, 5) is 4.03. The van der Waals surface area contributed by atoms with Crippen molar-refractivity contribution in [3.63, 3.8) is 0 Å². The van der Waals surface area contributed by atoms with E-state index in [1.54, 1.807) is 6.20 Å². The number of rotatable bonds is 2. The highest BCUT2D eigenvalue weighted by Gasteiger charge is 2.05. The molecule has 0 aliphatic rings. The van der Waals surface area contributed by atoms with Crippen molar-refractivity contribution in [3.05, 3.63) is 17.8 Å². The molecule has 0 atom stereocenters. The van der Waals surface area contributed by atoms with Crippen molar-refractivity contribution in [2.75, 3.05) is 5.73 Å². The van der Waals surface area contributed by atoms with Gasteiger partial charge in [0, 0.05) is 6.20 Å². The van der Waals surface area contributed by atoms with Gasteiger partial charge in [-0.25, -0.2) is 4.98 Å². The lowest BCUT2D eigenvalue weighted by Gasteiger charge is -2.11. The lowest BCUT2D eigenvalue weighted by molar-refractivity contribution is 0.234. The largest absolute Gasteiger partial charge is 0.473 e. The second-order valence-corrected chi connectivity index (χ2v) is 3.01. The first-order valence-corrected chi connectivity index (χ1v) is 3.99. The Bertz CT molecular complexity index is 271. The highest BCUT2D eigenvalue weighted by Crippen LogP contribution is 2.21. The molecule has 0 fully saturated rings. The first-order chi connectivity index (χ1) is 5.61. The van der Waals surface area contributed by atoms with Crippen LogP contribution in [-0.2, 0) is 0 Å². The maximum atomic E-state index is 5.74. The Morgan fingerprint density at radius 1 is 1.50 bits per heavy atom. The van der Waals surface area contributed by atoms with Crippen LogP contribution in [-0.4, -0.2) is 11.1 Å². The van der Waals surface area contributed by atoms with E-state index < -0.39 is 0 Å². The fourth-order valence-electron chi connectivity index (χ4n) is 0.862. The van der Waals surface area contributed by atoms with Crippen molar-refractivity contribution in [2.45, 2.75) is 26.9 Å². The number of hydrogen-bond acceptors (Lipinski definition) is 3. The summed E-state index contributed by atoms with van der Waals surface area (Å²) in [5.74, 6) is 0.532. The Labute approximate surface area is 72.6 Å². The lowest BCUT2D eigenvalue weighted by Crippen LogP contribution is -2.09. The molecule has 1 aromatic heterocycles. The Hall–Kier alpha value is -1.25. The van der Waals surface area contributed by atoms with E-state index in [1.807, 2.05) is 26.8 Å². The number of nitrogens with two attached hydrogens (primary N) is 1. The summed E-state index contributed by atoms with van der Waals surface area (Å²) >= 11 is 0. The van der Waals surface area contributed by atoms with E-state index in [2.05, 4.69) is 4.98 Å². The van der Waals surface area contributed by atoms with Crippen molar-refractivity contribution in [2.24, 2.45) is 0 Å². The number of ether oxygens (including phenoxy) is 1. The van der Waals surface area contributed by atoms with Gasteiger partial charge in [-0.2, -0.15) is 0 Å². The minimum absolute atomic E-state index is 0.113. The van der Waals surface area contributed by atoms with Crippen LogP contribution in [0.4, 0.5) is 5.69 Å². The molecule has 2 N–H and O–H groups in total. The smallest absolute Gasteiger partial charge is 0.237 e. The third kappa shape index (κ3) is 1.87. The molecule has 0 spiro atoms. The summed E-state index contributed by atoms with van der Waals surface area (Å²) in [6, 6.07) is 1.86. The monoisotopic (exact) mass is 166 g/mol. The lowest BCUT2D eigenvalue weighted by atomic mass is 10.2. The van der Waals surface area contributed by atoms with Gasteiger partial charge in [0.25, 0.3) is 0 Å². The standard InChI is InChI=1S/C9H14N2O/c1-6(2)12-9-8(10)7(3)4-5-11-9/h4-6H,10H2,1-3H3. The average molecular weight is 166 g/mol. The molecule has 1 rings (SSSR count). The van der Waals surface area contributed by atoms with Crippen molar-refractivity contribution < 1.29 is 4.74 Å². The molecule has 0 aromatic carbocycles. The fourth-order valence-corrected chi connectivity index (χ4v) is 0.862. The zero-order valence-electron chi connectivity index (χ0n) is 7.66. The van der Waals surface area contributed by atoms with Crippen molar-refractivity contribution in [1.82, 2.24) is 4.98 Å². The first-order valence-electron chi connectivity index (χ1n) is 3.99. The van der Waals surface area contributed by atoms with Gasteiger partial charge >= 0.3 is 0 Å². The van der Waals surface area contributed by atoms with E-state index in [9.17, 15) is 0 Å². The molecule has 0 radical (unpaired) electrons. The number of aromatic nitrogens is 1. The zero-order valence-corrected chi connectivity index (χ0v) is 7.66. The molecule has 3 heteroatoms. The molecule has 0 aliphatic heterocycles. The number of nitrogens with zero attached hydrogens (tertiary/aromatic N) is 1. The van der Waals surface area contributed by atoms with Gasteiger partial charge < -0.3 is 10.5 Å². The van der Waals surface area contributed by atoms with E-state index >= 15 is 0 Å². The van der Waals surface area contributed by atoms with Gasteiger partial charge in [-0.3, -0.25) is 0 Å². The summed E-state index contributed by atoms with van der Waals surface area (Å²) < 4.78 is 5.39. The zero-order chi connectivity index (χ0) is 9.14. The summed E-state index contributed by atoms with van der Waals surface area (Å²) in [5.41, 5.74) is 7.37. The van der Waals surface area contributed by atoms with E-state index in [0.29, 0.717) is 11.6 Å². The summed E-state index contributed by atoms with van der Waals surface area (Å²) in [5, 5.41) is 0. The van der Waals surface area contributed by atoms with E-state index in [0.717, 1.165) is 5.56 Å². The van der Waals surface area contributed by atoms with Crippen LogP contribution in [0, 0.1) is 6.92 Å². The Morgan fingerprint density at radius 3 is 2.75 bits per heavy atom. The van der Waals surface area contributed by atoms with Gasteiger partial charge in [-0.05, 0) is 32.4 Å². The minimum Gasteiger partial charge on any atom is -0.473 e. The fraction of sp³-hybridized carbons (Fsp3) is 0.444. The highest BCUT2D eigenvalue weighted by atomic mass is 16.5. The number of anilines is 1. The quantitative estimate of drug-likeness (QED) is 0.728. The second kappa shape index (κ2) is 3.43. The van der Waals surface area contributed by atoms with Crippen molar-refractivity contribution >= 4 is 5.69 Å². The topological polar surface area (TPSA) is 48.1 Å². The Morgan fingerprint density at radius 2 is 2.17 bits per heavy atom. The third-order valence-electron chi connectivity index (χ3n) is 1.52. The molecular weight excluding hydrogens is 152 g/mol. The van der Waals surface area contributed by atoms with Gasteiger partial charge in [0.1, 0.15) is 0 Å². The number of nitrogen functional groups attached to an aromatic ring is 1. The Kier molecular flexibility index (Phi) is 2.53. The molecular formula is C9H14N2O. The van der Waals surface area contributed by atoms with Crippen LogP contribution in [0.15, 0.2) is 12.3 Å². The predicted molar refractivity (Wildman–Crippen MR) is 49.2 cm³/mol. The molecule has 1 aromatic rings.